The Morgan fingerprint density at radius 2 is 1.88 bits per heavy atom. The average molecular weight is 243 g/mol. The van der Waals surface area contributed by atoms with Crippen LogP contribution < -0.4 is 11.4 Å². The molecule has 0 amide bonds. The van der Waals surface area contributed by atoms with Gasteiger partial charge in [0.15, 0.2) is 6.04 Å². The highest BCUT2D eigenvalue weighted by atomic mass is 16.5. The number of nitrogens with zero attached hydrogens (tertiary/aromatic N) is 2. The van der Waals surface area contributed by atoms with Gasteiger partial charge in [-0.15, -0.1) is 0 Å². The second-order valence-corrected chi connectivity index (χ2v) is 4.92. The standard InChI is InChI=1S/C10H17N3O4/c1-10(2,3)6(7(14)17-5)13-9(16)12(4)8(15)11-13/h6H,1-5H3,(H,11,15). The first-order valence-electron chi connectivity index (χ1n) is 5.15. The van der Waals surface area contributed by atoms with Gasteiger partial charge < -0.3 is 4.74 Å². The van der Waals surface area contributed by atoms with E-state index in [1.54, 1.807) is 20.8 Å². The molecule has 1 aromatic rings. The zero-order chi connectivity index (χ0) is 13.4. The monoisotopic (exact) mass is 243 g/mol. The number of aromatic amines is 1. The van der Waals surface area contributed by atoms with Crippen LogP contribution in [0.5, 0.6) is 0 Å². The molecule has 0 radical (unpaired) electrons. The highest BCUT2D eigenvalue weighted by Gasteiger charge is 2.36. The van der Waals surface area contributed by atoms with E-state index in [0.717, 1.165) is 9.25 Å². The first-order valence-corrected chi connectivity index (χ1v) is 5.15. The first kappa shape index (κ1) is 13.3. The van der Waals surface area contributed by atoms with Gasteiger partial charge in [-0.3, -0.25) is 0 Å². The SMILES string of the molecule is COC(=O)C(n1[nH]c(=O)n(C)c1=O)C(C)(C)C. The van der Waals surface area contributed by atoms with Crippen LogP contribution in [0.2, 0.25) is 0 Å². The van der Waals surface area contributed by atoms with Crippen LogP contribution in [0.25, 0.3) is 0 Å². The molecule has 0 aliphatic rings. The van der Waals surface area contributed by atoms with E-state index in [1.807, 2.05) is 0 Å². The molecule has 7 nitrogen and oxygen atoms in total. The van der Waals surface area contributed by atoms with Gasteiger partial charge in [0.2, 0.25) is 0 Å². The van der Waals surface area contributed by atoms with Crippen LogP contribution in [0.3, 0.4) is 0 Å². The molecule has 0 aromatic carbocycles. The third-order valence-electron chi connectivity index (χ3n) is 2.52. The molecule has 0 spiro atoms. The molecular formula is C10H17N3O4. The number of carbonyl (C=O) groups is 1. The normalized spacial score (nSPS) is 13.5. The Hall–Kier alpha value is -1.79. The minimum Gasteiger partial charge on any atom is -0.467 e. The van der Waals surface area contributed by atoms with Crippen LogP contribution in [-0.2, 0) is 16.6 Å². The summed E-state index contributed by atoms with van der Waals surface area (Å²) in [4.78, 5) is 34.8. The molecule has 0 bridgehead atoms. The highest BCUT2D eigenvalue weighted by molar-refractivity contribution is 5.74. The van der Waals surface area contributed by atoms with Gasteiger partial charge in [0.25, 0.3) is 0 Å². The quantitative estimate of drug-likeness (QED) is 0.718. The van der Waals surface area contributed by atoms with Crippen LogP contribution in [0, 0.1) is 5.41 Å². The molecule has 1 N–H and O–H groups in total. The van der Waals surface area contributed by atoms with E-state index >= 15 is 0 Å². The number of H-pyrrole nitrogens is 1. The largest absolute Gasteiger partial charge is 0.467 e. The fourth-order valence-corrected chi connectivity index (χ4v) is 1.61. The van der Waals surface area contributed by atoms with Crippen molar-refractivity contribution < 1.29 is 9.53 Å². The summed E-state index contributed by atoms with van der Waals surface area (Å²) in [6, 6.07) is -0.867. The molecule has 1 rings (SSSR count). The third-order valence-corrected chi connectivity index (χ3v) is 2.52. The van der Waals surface area contributed by atoms with Gasteiger partial charge in [-0.25, -0.2) is 28.7 Å². The van der Waals surface area contributed by atoms with E-state index in [-0.39, 0.29) is 0 Å². The maximum absolute atomic E-state index is 11.8. The molecule has 0 aliphatic carbocycles. The zero-order valence-corrected chi connectivity index (χ0v) is 10.6. The summed E-state index contributed by atoms with van der Waals surface area (Å²) in [6.07, 6.45) is 0. The maximum Gasteiger partial charge on any atom is 0.347 e. The minimum absolute atomic E-state index is 0.554. The van der Waals surface area contributed by atoms with Gasteiger partial charge in [0, 0.05) is 7.05 Å². The van der Waals surface area contributed by atoms with Crippen molar-refractivity contribution in [1.82, 2.24) is 14.3 Å². The lowest BCUT2D eigenvalue weighted by atomic mass is 9.87. The number of hydrogen-bond donors (Lipinski definition) is 1. The number of rotatable bonds is 2. The van der Waals surface area contributed by atoms with E-state index in [9.17, 15) is 14.4 Å². The molecule has 1 atom stereocenters. The number of ether oxygens (including phenoxy) is 1. The molecule has 0 aliphatic heterocycles. The zero-order valence-electron chi connectivity index (χ0n) is 10.6. The van der Waals surface area contributed by atoms with Crippen molar-refractivity contribution in [2.75, 3.05) is 7.11 Å². The van der Waals surface area contributed by atoms with Gasteiger partial charge in [-0.05, 0) is 5.41 Å². The lowest BCUT2D eigenvalue weighted by molar-refractivity contribution is -0.148. The van der Waals surface area contributed by atoms with Gasteiger partial charge in [-0.1, -0.05) is 20.8 Å². The van der Waals surface area contributed by atoms with E-state index < -0.39 is 28.8 Å². The smallest absolute Gasteiger partial charge is 0.347 e. The summed E-state index contributed by atoms with van der Waals surface area (Å²) >= 11 is 0. The Balaban J connectivity index is 3.44. The summed E-state index contributed by atoms with van der Waals surface area (Å²) in [5, 5.41) is 2.35. The maximum atomic E-state index is 11.8. The number of hydrogen-bond acceptors (Lipinski definition) is 4. The van der Waals surface area contributed by atoms with Crippen LogP contribution in [0.15, 0.2) is 9.59 Å². The third kappa shape index (κ3) is 2.32. The van der Waals surface area contributed by atoms with Crippen LogP contribution in [-0.4, -0.2) is 27.4 Å². The molecule has 96 valence electrons. The summed E-state index contributed by atoms with van der Waals surface area (Å²) in [5.74, 6) is -0.568. The van der Waals surface area contributed by atoms with Crippen molar-refractivity contribution in [3.63, 3.8) is 0 Å². The molecule has 17 heavy (non-hydrogen) atoms. The number of aromatic nitrogens is 3. The molecule has 0 fully saturated rings. The molecule has 0 saturated carbocycles. The lowest BCUT2D eigenvalue weighted by Gasteiger charge is -2.27. The fourth-order valence-electron chi connectivity index (χ4n) is 1.61. The van der Waals surface area contributed by atoms with E-state index in [1.165, 1.54) is 14.2 Å². The molecular weight excluding hydrogens is 226 g/mol. The lowest BCUT2D eigenvalue weighted by Crippen LogP contribution is -2.39. The fraction of sp³-hybridized carbons (Fsp3) is 0.700. The minimum atomic E-state index is -0.867. The van der Waals surface area contributed by atoms with Gasteiger partial charge in [-0.2, -0.15) is 0 Å². The summed E-state index contributed by atoms with van der Waals surface area (Å²) in [5.41, 5.74) is -1.69. The van der Waals surface area contributed by atoms with Crippen molar-refractivity contribution in [1.29, 1.82) is 0 Å². The number of esters is 1. The Morgan fingerprint density at radius 3 is 2.18 bits per heavy atom. The van der Waals surface area contributed by atoms with Crippen molar-refractivity contribution >= 4 is 5.97 Å². The number of nitrogens with one attached hydrogen (secondary N) is 1. The Labute approximate surface area is 98.0 Å². The van der Waals surface area contributed by atoms with Crippen molar-refractivity contribution in [2.45, 2.75) is 26.8 Å². The molecule has 0 saturated heterocycles. The number of carbonyl (C=O) groups excluding carboxylic acids is 1. The molecule has 7 heteroatoms. The van der Waals surface area contributed by atoms with Gasteiger partial charge in [0.05, 0.1) is 7.11 Å². The predicted octanol–water partition coefficient (Wildman–Crippen LogP) is -0.365. The van der Waals surface area contributed by atoms with E-state index in [2.05, 4.69) is 9.84 Å². The van der Waals surface area contributed by atoms with Crippen molar-refractivity contribution in [2.24, 2.45) is 12.5 Å². The summed E-state index contributed by atoms with van der Waals surface area (Å²) in [7, 11) is 2.59. The van der Waals surface area contributed by atoms with Crippen LogP contribution in [0.1, 0.15) is 26.8 Å². The van der Waals surface area contributed by atoms with Crippen LogP contribution in [0.4, 0.5) is 0 Å². The Bertz CT molecular complexity index is 529. The summed E-state index contributed by atoms with van der Waals surface area (Å²) < 4.78 is 6.58. The topological polar surface area (TPSA) is 86.1 Å². The second kappa shape index (κ2) is 4.23. The van der Waals surface area contributed by atoms with E-state index in [0.29, 0.717) is 0 Å². The number of methoxy groups -OCH3 is 1. The van der Waals surface area contributed by atoms with Gasteiger partial charge in [0.1, 0.15) is 0 Å². The van der Waals surface area contributed by atoms with Crippen LogP contribution >= 0.6 is 0 Å². The van der Waals surface area contributed by atoms with Gasteiger partial charge >= 0.3 is 17.3 Å². The van der Waals surface area contributed by atoms with E-state index in [4.69, 9.17) is 0 Å². The highest BCUT2D eigenvalue weighted by Crippen LogP contribution is 2.29. The van der Waals surface area contributed by atoms with Crippen molar-refractivity contribution in [3.05, 3.63) is 21.0 Å². The van der Waals surface area contributed by atoms with Crippen molar-refractivity contribution in [3.8, 4) is 0 Å². The molecule has 1 heterocycles. The Morgan fingerprint density at radius 1 is 1.35 bits per heavy atom. The molecule has 1 aromatic heterocycles. The Kier molecular flexibility index (Phi) is 3.30. The molecule has 1 unspecified atom stereocenters. The predicted molar refractivity (Wildman–Crippen MR) is 60.8 cm³/mol. The average Bonchev–Trinajstić information content (AvgIpc) is 2.44. The first-order chi connectivity index (χ1) is 7.70. The second-order valence-electron chi connectivity index (χ2n) is 4.92. The summed E-state index contributed by atoms with van der Waals surface area (Å²) in [6.45, 7) is 5.35.